The number of hydrogen-bond donors (Lipinski definition) is 1. The van der Waals surface area contributed by atoms with Crippen LogP contribution in [0.1, 0.15) is 29.7 Å². The fraction of sp³-hybridized carbons (Fsp3) is 0.263. The van der Waals surface area contributed by atoms with Crippen molar-refractivity contribution in [3.63, 3.8) is 0 Å². The van der Waals surface area contributed by atoms with Crippen LogP contribution in [0.2, 0.25) is 0 Å². The van der Waals surface area contributed by atoms with E-state index in [-0.39, 0.29) is 25.0 Å². The highest BCUT2D eigenvalue weighted by molar-refractivity contribution is 5.81. The normalized spacial score (nSPS) is 11.6. The Kier molecular flexibility index (Phi) is 5.92. The Balaban J connectivity index is 1.78. The Morgan fingerprint density at radius 1 is 1.04 bits per heavy atom. The number of carbonyl (C=O) groups is 2. The second-order valence-corrected chi connectivity index (χ2v) is 5.46. The lowest BCUT2D eigenvalue weighted by Crippen LogP contribution is -2.31. The molecule has 120 valence electrons. The van der Waals surface area contributed by atoms with Crippen LogP contribution in [-0.4, -0.2) is 18.5 Å². The van der Waals surface area contributed by atoms with Crippen LogP contribution < -0.4 is 5.32 Å². The monoisotopic (exact) mass is 311 g/mol. The smallest absolute Gasteiger partial charge is 0.310 e. The first-order valence-corrected chi connectivity index (χ1v) is 7.60. The second kappa shape index (κ2) is 8.13. The summed E-state index contributed by atoms with van der Waals surface area (Å²) >= 11 is 0. The highest BCUT2D eigenvalue weighted by Gasteiger charge is 2.12. The summed E-state index contributed by atoms with van der Waals surface area (Å²) in [6.07, 6.45) is 0.175. The zero-order valence-electron chi connectivity index (χ0n) is 13.4. The lowest BCUT2D eigenvalue weighted by atomic mass is 10.1. The van der Waals surface area contributed by atoms with Gasteiger partial charge in [0.15, 0.2) is 6.61 Å². The van der Waals surface area contributed by atoms with Gasteiger partial charge in [0.05, 0.1) is 12.5 Å². The van der Waals surface area contributed by atoms with Gasteiger partial charge in [0.25, 0.3) is 5.91 Å². The van der Waals surface area contributed by atoms with Crippen molar-refractivity contribution in [2.24, 2.45) is 0 Å². The van der Waals surface area contributed by atoms with Crippen LogP contribution in [0.25, 0.3) is 0 Å². The molecule has 4 heteroatoms. The van der Waals surface area contributed by atoms with Crippen molar-refractivity contribution < 1.29 is 14.3 Å². The molecule has 0 heterocycles. The van der Waals surface area contributed by atoms with E-state index < -0.39 is 5.97 Å². The van der Waals surface area contributed by atoms with Crippen molar-refractivity contribution in [3.8, 4) is 0 Å². The van der Waals surface area contributed by atoms with E-state index in [2.05, 4.69) is 5.32 Å². The first kappa shape index (κ1) is 16.7. The molecule has 0 spiro atoms. The zero-order valence-corrected chi connectivity index (χ0v) is 13.4. The average Bonchev–Trinajstić information content (AvgIpc) is 2.56. The summed E-state index contributed by atoms with van der Waals surface area (Å²) in [4.78, 5) is 23.7. The molecule has 0 aliphatic carbocycles. The van der Waals surface area contributed by atoms with Crippen molar-refractivity contribution in [2.45, 2.75) is 26.3 Å². The quantitative estimate of drug-likeness (QED) is 0.835. The average molecular weight is 311 g/mol. The van der Waals surface area contributed by atoms with E-state index in [4.69, 9.17) is 4.74 Å². The van der Waals surface area contributed by atoms with Crippen LogP contribution >= 0.6 is 0 Å². The molecule has 0 unspecified atom stereocenters. The third-order valence-electron chi connectivity index (χ3n) is 3.64. The molecule has 0 saturated heterocycles. The van der Waals surface area contributed by atoms with Gasteiger partial charge in [0.1, 0.15) is 0 Å². The van der Waals surface area contributed by atoms with Crippen LogP contribution in [0.4, 0.5) is 0 Å². The topological polar surface area (TPSA) is 55.4 Å². The van der Waals surface area contributed by atoms with Gasteiger partial charge in [-0.1, -0.05) is 54.6 Å². The van der Waals surface area contributed by atoms with Crippen molar-refractivity contribution in [3.05, 3.63) is 71.3 Å². The molecule has 2 aromatic rings. The molecule has 1 amide bonds. The minimum Gasteiger partial charge on any atom is -0.455 e. The summed E-state index contributed by atoms with van der Waals surface area (Å²) in [6.45, 7) is 3.57. The van der Waals surface area contributed by atoms with Gasteiger partial charge in [0.2, 0.25) is 0 Å². The Hall–Kier alpha value is -2.62. The minimum atomic E-state index is -0.401. The van der Waals surface area contributed by atoms with Crippen molar-refractivity contribution in [1.29, 1.82) is 0 Å². The molecule has 23 heavy (non-hydrogen) atoms. The number of rotatable bonds is 6. The van der Waals surface area contributed by atoms with Gasteiger partial charge in [-0.25, -0.2) is 0 Å². The standard InChI is InChI=1S/C19H21NO3/c1-14-8-6-7-11-17(14)12-19(22)23-13-18(21)20-15(2)16-9-4-3-5-10-16/h3-11,15H,12-13H2,1-2H3,(H,20,21)/t15-/m1/s1. The molecule has 1 atom stereocenters. The number of esters is 1. The summed E-state index contributed by atoms with van der Waals surface area (Å²) in [5.41, 5.74) is 2.95. The molecule has 1 N–H and O–H groups in total. The van der Waals surface area contributed by atoms with Gasteiger partial charge in [-0.05, 0) is 30.5 Å². The van der Waals surface area contributed by atoms with E-state index in [0.717, 1.165) is 16.7 Å². The maximum absolute atomic E-state index is 11.9. The first-order chi connectivity index (χ1) is 11.1. The predicted molar refractivity (Wildman–Crippen MR) is 88.8 cm³/mol. The molecule has 0 aliphatic heterocycles. The highest BCUT2D eigenvalue weighted by atomic mass is 16.5. The summed E-state index contributed by atoms with van der Waals surface area (Å²) in [7, 11) is 0. The third-order valence-corrected chi connectivity index (χ3v) is 3.64. The first-order valence-electron chi connectivity index (χ1n) is 7.60. The van der Waals surface area contributed by atoms with E-state index >= 15 is 0 Å². The van der Waals surface area contributed by atoms with Crippen LogP contribution in [0.5, 0.6) is 0 Å². The van der Waals surface area contributed by atoms with Crippen LogP contribution in [0.3, 0.4) is 0 Å². The molecular weight excluding hydrogens is 290 g/mol. The molecule has 2 aromatic carbocycles. The van der Waals surface area contributed by atoms with E-state index in [1.54, 1.807) is 0 Å². The zero-order chi connectivity index (χ0) is 16.7. The Labute approximate surface area is 136 Å². The minimum absolute atomic E-state index is 0.126. The predicted octanol–water partition coefficient (Wildman–Crippen LogP) is 2.96. The number of ether oxygens (including phenoxy) is 1. The molecule has 0 aliphatic rings. The molecule has 0 saturated carbocycles. The van der Waals surface area contributed by atoms with E-state index in [9.17, 15) is 9.59 Å². The lowest BCUT2D eigenvalue weighted by Gasteiger charge is -2.14. The molecule has 0 fully saturated rings. The third kappa shape index (κ3) is 5.25. The SMILES string of the molecule is Cc1ccccc1CC(=O)OCC(=O)N[C@H](C)c1ccccc1. The Morgan fingerprint density at radius 2 is 1.70 bits per heavy atom. The maximum Gasteiger partial charge on any atom is 0.310 e. The number of hydrogen-bond acceptors (Lipinski definition) is 3. The van der Waals surface area contributed by atoms with Crippen LogP contribution in [0.15, 0.2) is 54.6 Å². The van der Waals surface area contributed by atoms with Gasteiger partial charge in [0, 0.05) is 0 Å². The van der Waals surface area contributed by atoms with Gasteiger partial charge >= 0.3 is 5.97 Å². The number of benzene rings is 2. The number of amides is 1. The fourth-order valence-electron chi connectivity index (χ4n) is 2.27. The summed E-state index contributed by atoms with van der Waals surface area (Å²) in [5.74, 6) is -0.707. The van der Waals surface area contributed by atoms with Gasteiger partial charge in [-0.15, -0.1) is 0 Å². The number of carbonyl (C=O) groups excluding carboxylic acids is 2. The molecule has 4 nitrogen and oxygen atoms in total. The summed E-state index contributed by atoms with van der Waals surface area (Å²) in [5, 5.41) is 2.81. The van der Waals surface area contributed by atoms with E-state index in [0.29, 0.717) is 0 Å². The summed E-state index contributed by atoms with van der Waals surface area (Å²) in [6, 6.07) is 17.1. The second-order valence-electron chi connectivity index (χ2n) is 5.46. The molecule has 0 aromatic heterocycles. The van der Waals surface area contributed by atoms with Gasteiger partial charge < -0.3 is 10.1 Å². The van der Waals surface area contributed by atoms with Gasteiger partial charge in [-0.2, -0.15) is 0 Å². The largest absolute Gasteiger partial charge is 0.455 e. The van der Waals surface area contributed by atoms with Crippen molar-refractivity contribution in [2.75, 3.05) is 6.61 Å². The van der Waals surface area contributed by atoms with Gasteiger partial charge in [-0.3, -0.25) is 9.59 Å². The lowest BCUT2D eigenvalue weighted by molar-refractivity contribution is -0.148. The molecular formula is C19H21NO3. The molecule has 2 rings (SSSR count). The maximum atomic E-state index is 11.9. The Bertz CT molecular complexity index is 667. The molecule has 0 bridgehead atoms. The molecule has 0 radical (unpaired) electrons. The highest BCUT2D eigenvalue weighted by Crippen LogP contribution is 2.11. The number of nitrogens with one attached hydrogen (secondary N) is 1. The van der Waals surface area contributed by atoms with Crippen molar-refractivity contribution in [1.82, 2.24) is 5.32 Å². The van der Waals surface area contributed by atoms with Crippen molar-refractivity contribution >= 4 is 11.9 Å². The van der Waals surface area contributed by atoms with Crippen LogP contribution in [0, 0.1) is 6.92 Å². The van der Waals surface area contributed by atoms with E-state index in [1.165, 1.54) is 0 Å². The van der Waals surface area contributed by atoms with Crippen LogP contribution in [-0.2, 0) is 20.7 Å². The summed E-state index contributed by atoms with van der Waals surface area (Å²) < 4.78 is 5.05. The van der Waals surface area contributed by atoms with E-state index in [1.807, 2.05) is 68.4 Å². The number of aryl methyl sites for hydroxylation is 1. The Morgan fingerprint density at radius 3 is 2.39 bits per heavy atom. The fourth-order valence-corrected chi connectivity index (χ4v) is 2.27.